The van der Waals surface area contributed by atoms with Gasteiger partial charge in [-0.3, -0.25) is 9.58 Å². The summed E-state index contributed by atoms with van der Waals surface area (Å²) in [5.41, 5.74) is 1.10. The van der Waals surface area contributed by atoms with Crippen molar-refractivity contribution in [3.63, 3.8) is 0 Å². The average Bonchev–Trinajstić information content (AvgIpc) is 3.36. The van der Waals surface area contributed by atoms with Gasteiger partial charge < -0.3 is 24.6 Å². The van der Waals surface area contributed by atoms with Crippen molar-refractivity contribution >= 4 is 6.09 Å². The Morgan fingerprint density at radius 2 is 2.07 bits per heavy atom. The van der Waals surface area contributed by atoms with Crippen LogP contribution in [0, 0.1) is 0 Å². The molecule has 9 heteroatoms. The third kappa shape index (κ3) is 4.16. The number of rotatable bonds is 4. The number of amides is 1. The van der Waals surface area contributed by atoms with Gasteiger partial charge in [0.25, 0.3) is 0 Å². The van der Waals surface area contributed by atoms with Crippen molar-refractivity contribution in [3.8, 4) is 17.2 Å². The molecule has 162 valence electrons. The van der Waals surface area contributed by atoms with Crippen LogP contribution in [0.15, 0.2) is 24.4 Å². The van der Waals surface area contributed by atoms with Crippen molar-refractivity contribution in [3.05, 3.63) is 35.7 Å². The molecular formula is C21H28N4O5. The fourth-order valence-corrected chi connectivity index (χ4v) is 3.98. The van der Waals surface area contributed by atoms with E-state index in [2.05, 4.69) is 15.3 Å². The van der Waals surface area contributed by atoms with Crippen molar-refractivity contribution < 1.29 is 24.1 Å². The largest absolute Gasteiger partial charge is 0.507 e. The van der Waals surface area contributed by atoms with Crippen LogP contribution in [-0.2, 0) is 11.8 Å². The van der Waals surface area contributed by atoms with E-state index in [9.17, 15) is 9.90 Å². The number of aryl methyl sites for hydroxylation is 1. The minimum atomic E-state index is -0.544. The highest BCUT2D eigenvalue weighted by Gasteiger charge is 2.35. The fourth-order valence-electron chi connectivity index (χ4n) is 3.98. The minimum absolute atomic E-state index is 0.0493. The highest BCUT2D eigenvalue weighted by Crippen LogP contribution is 2.43. The van der Waals surface area contributed by atoms with Crippen LogP contribution in [0.4, 0.5) is 4.79 Å². The summed E-state index contributed by atoms with van der Waals surface area (Å²) in [6.07, 6.45) is 2.09. The molecule has 2 atom stereocenters. The lowest BCUT2D eigenvalue weighted by Gasteiger charge is -2.29. The summed E-state index contributed by atoms with van der Waals surface area (Å²) >= 11 is 0. The summed E-state index contributed by atoms with van der Waals surface area (Å²) in [5, 5.41) is 18.0. The van der Waals surface area contributed by atoms with E-state index >= 15 is 0 Å². The van der Waals surface area contributed by atoms with Crippen LogP contribution < -0.4 is 14.8 Å². The first-order valence-corrected chi connectivity index (χ1v) is 10.1. The lowest BCUT2D eigenvalue weighted by atomic mass is 10.00. The smallest absolute Gasteiger partial charge is 0.407 e. The Balaban J connectivity index is 1.58. The molecule has 1 saturated heterocycles. The third-order valence-corrected chi connectivity index (χ3v) is 5.26. The van der Waals surface area contributed by atoms with Crippen LogP contribution in [0.5, 0.6) is 17.2 Å². The van der Waals surface area contributed by atoms with Gasteiger partial charge >= 0.3 is 6.09 Å². The first kappa shape index (κ1) is 20.3. The topological polar surface area (TPSA) is 98.1 Å². The number of aromatic hydroxyl groups is 1. The molecule has 3 heterocycles. The van der Waals surface area contributed by atoms with Crippen LogP contribution in [-0.4, -0.2) is 57.4 Å². The number of benzene rings is 1. The molecule has 2 aromatic rings. The molecule has 1 aromatic heterocycles. The first-order valence-electron chi connectivity index (χ1n) is 10.1. The van der Waals surface area contributed by atoms with Gasteiger partial charge in [-0.1, -0.05) is 0 Å². The number of nitrogens with one attached hydrogen (secondary N) is 1. The predicted octanol–water partition coefficient (Wildman–Crippen LogP) is 2.54. The normalized spacial score (nSPS) is 19.7. The SMILES string of the molecule is Cn1nccc1C(c1cc2c(cc1O)OCO2)N1CC[C@@H](NC(=O)OC(C)(C)C)C1. The second kappa shape index (κ2) is 7.71. The highest BCUT2D eigenvalue weighted by molar-refractivity contribution is 5.68. The molecule has 0 bridgehead atoms. The van der Waals surface area contributed by atoms with E-state index in [1.54, 1.807) is 16.9 Å². The Morgan fingerprint density at radius 3 is 2.73 bits per heavy atom. The van der Waals surface area contributed by atoms with Crippen LogP contribution in [0.3, 0.4) is 0 Å². The van der Waals surface area contributed by atoms with E-state index in [4.69, 9.17) is 14.2 Å². The van der Waals surface area contributed by atoms with E-state index in [0.717, 1.165) is 18.7 Å². The number of carbonyl (C=O) groups is 1. The second-order valence-corrected chi connectivity index (χ2v) is 8.67. The third-order valence-electron chi connectivity index (χ3n) is 5.26. The van der Waals surface area contributed by atoms with Gasteiger partial charge in [-0.2, -0.15) is 5.10 Å². The molecule has 2 aliphatic heterocycles. The van der Waals surface area contributed by atoms with Gasteiger partial charge in [0.05, 0.1) is 11.7 Å². The van der Waals surface area contributed by atoms with Crippen molar-refractivity contribution in [1.29, 1.82) is 0 Å². The second-order valence-electron chi connectivity index (χ2n) is 8.67. The monoisotopic (exact) mass is 416 g/mol. The Labute approximate surface area is 175 Å². The lowest BCUT2D eigenvalue weighted by molar-refractivity contribution is 0.0505. The first-order chi connectivity index (χ1) is 14.2. The van der Waals surface area contributed by atoms with Gasteiger partial charge in [-0.25, -0.2) is 4.79 Å². The number of fused-ring (bicyclic) bond motifs is 1. The molecule has 30 heavy (non-hydrogen) atoms. The van der Waals surface area contributed by atoms with Crippen molar-refractivity contribution in [2.75, 3.05) is 19.9 Å². The Hall–Kier alpha value is -2.94. The van der Waals surface area contributed by atoms with Gasteiger partial charge in [0.15, 0.2) is 11.5 Å². The highest BCUT2D eigenvalue weighted by atomic mass is 16.7. The van der Waals surface area contributed by atoms with Gasteiger partial charge in [-0.15, -0.1) is 0 Å². The van der Waals surface area contributed by atoms with E-state index < -0.39 is 11.7 Å². The van der Waals surface area contributed by atoms with Crippen LogP contribution in [0.1, 0.15) is 44.5 Å². The minimum Gasteiger partial charge on any atom is -0.507 e. The Bertz CT molecular complexity index is 936. The zero-order valence-corrected chi connectivity index (χ0v) is 17.7. The lowest BCUT2D eigenvalue weighted by Crippen LogP contribution is -2.41. The maximum atomic E-state index is 12.2. The Kier molecular flexibility index (Phi) is 5.23. The summed E-state index contributed by atoms with van der Waals surface area (Å²) in [4.78, 5) is 14.4. The summed E-state index contributed by atoms with van der Waals surface area (Å²) < 4.78 is 18.1. The number of carbonyl (C=O) groups excluding carboxylic acids is 1. The van der Waals surface area contributed by atoms with E-state index in [0.29, 0.717) is 23.6 Å². The molecule has 2 aliphatic rings. The molecule has 0 spiro atoms. The molecule has 1 fully saturated rings. The van der Waals surface area contributed by atoms with E-state index in [1.807, 2.05) is 40.0 Å². The van der Waals surface area contributed by atoms with E-state index in [-0.39, 0.29) is 24.6 Å². The van der Waals surface area contributed by atoms with Crippen molar-refractivity contribution in [2.24, 2.45) is 7.05 Å². The molecule has 1 amide bonds. The summed E-state index contributed by atoms with van der Waals surface area (Å²) in [7, 11) is 1.87. The molecular weight excluding hydrogens is 388 g/mol. The number of aromatic nitrogens is 2. The predicted molar refractivity (Wildman–Crippen MR) is 109 cm³/mol. The number of hydrogen-bond donors (Lipinski definition) is 2. The number of hydrogen-bond acceptors (Lipinski definition) is 7. The number of ether oxygens (including phenoxy) is 3. The maximum Gasteiger partial charge on any atom is 0.407 e. The van der Waals surface area contributed by atoms with Gasteiger partial charge in [0.2, 0.25) is 6.79 Å². The molecule has 9 nitrogen and oxygen atoms in total. The maximum absolute atomic E-state index is 12.2. The quantitative estimate of drug-likeness (QED) is 0.790. The molecule has 2 N–H and O–H groups in total. The Morgan fingerprint density at radius 1 is 1.33 bits per heavy atom. The number of phenolic OH excluding ortho intramolecular Hbond substituents is 1. The zero-order chi connectivity index (χ0) is 21.5. The van der Waals surface area contributed by atoms with Crippen LogP contribution in [0.25, 0.3) is 0 Å². The molecule has 4 rings (SSSR count). The molecule has 0 saturated carbocycles. The standard InChI is InChI=1S/C21H28N4O5/c1-21(2,3)30-20(27)23-13-6-8-25(11-13)19(15-5-7-22-24(15)4)14-9-17-18(10-16(14)26)29-12-28-17/h5,7,9-10,13,19,26H,6,8,11-12H2,1-4H3,(H,23,27)/t13-,19?/m1/s1. The fraction of sp³-hybridized carbons (Fsp3) is 0.524. The molecule has 0 aliphatic carbocycles. The molecule has 1 aromatic carbocycles. The van der Waals surface area contributed by atoms with Crippen molar-refractivity contribution in [1.82, 2.24) is 20.0 Å². The average molecular weight is 416 g/mol. The summed E-state index contributed by atoms with van der Waals surface area (Å²) in [5.74, 6) is 1.28. The van der Waals surface area contributed by atoms with Gasteiger partial charge in [0.1, 0.15) is 11.4 Å². The zero-order valence-electron chi connectivity index (χ0n) is 17.7. The van der Waals surface area contributed by atoms with Crippen LogP contribution in [0.2, 0.25) is 0 Å². The van der Waals surface area contributed by atoms with E-state index in [1.165, 1.54) is 0 Å². The molecule has 1 unspecified atom stereocenters. The summed E-state index contributed by atoms with van der Waals surface area (Å²) in [6, 6.07) is 5.05. The number of alkyl carbamates (subject to hydrolysis) is 1. The van der Waals surface area contributed by atoms with Crippen molar-refractivity contribution in [2.45, 2.75) is 44.9 Å². The molecule has 0 radical (unpaired) electrons. The number of likely N-dealkylation sites (tertiary alicyclic amines) is 1. The van der Waals surface area contributed by atoms with Gasteiger partial charge in [-0.05, 0) is 39.3 Å². The van der Waals surface area contributed by atoms with Gasteiger partial charge in [0, 0.05) is 44.0 Å². The summed E-state index contributed by atoms with van der Waals surface area (Å²) in [6.45, 7) is 7.02. The van der Waals surface area contributed by atoms with Crippen LogP contribution >= 0.6 is 0 Å². The number of phenols is 1. The number of nitrogens with zero attached hydrogens (tertiary/aromatic N) is 3.